The van der Waals surface area contributed by atoms with E-state index in [4.69, 9.17) is 4.98 Å². The number of aryl methyl sites for hydroxylation is 4. The van der Waals surface area contributed by atoms with Crippen LogP contribution in [-0.2, 0) is 25.8 Å². The first-order valence-corrected chi connectivity index (χ1v) is 8.42. The number of hydrogen-bond donors (Lipinski definition) is 0. The van der Waals surface area contributed by atoms with Gasteiger partial charge in [-0.15, -0.1) is 0 Å². The van der Waals surface area contributed by atoms with Crippen LogP contribution < -0.4 is 0 Å². The van der Waals surface area contributed by atoms with Gasteiger partial charge in [-0.3, -0.25) is 0 Å². The first-order chi connectivity index (χ1) is 10.3. The van der Waals surface area contributed by atoms with Gasteiger partial charge in [0.25, 0.3) is 0 Å². The van der Waals surface area contributed by atoms with Crippen LogP contribution in [0.1, 0.15) is 56.6 Å². The van der Waals surface area contributed by atoms with Crippen LogP contribution in [0.5, 0.6) is 0 Å². The average molecular weight is 284 g/mol. The molecule has 0 saturated carbocycles. The van der Waals surface area contributed by atoms with E-state index in [0.717, 1.165) is 25.8 Å². The molecule has 0 unspecified atom stereocenters. The second-order valence-corrected chi connectivity index (χ2v) is 5.74. The lowest BCUT2D eigenvalue weighted by atomic mass is 10.1. The van der Waals surface area contributed by atoms with E-state index in [9.17, 15) is 0 Å². The largest absolute Gasteiger partial charge is 0.335 e. The zero-order valence-corrected chi connectivity index (χ0v) is 13.5. The molecule has 0 saturated heterocycles. The van der Waals surface area contributed by atoms with Crippen molar-refractivity contribution in [1.82, 2.24) is 9.55 Å². The van der Waals surface area contributed by atoms with Crippen molar-refractivity contribution < 1.29 is 0 Å². The Labute approximate surface area is 129 Å². The summed E-state index contributed by atoms with van der Waals surface area (Å²) in [6.07, 6.45) is 10.6. The molecule has 0 N–H and O–H groups in total. The highest BCUT2D eigenvalue weighted by Gasteiger charge is 2.06. The maximum atomic E-state index is 4.80. The van der Waals surface area contributed by atoms with Gasteiger partial charge >= 0.3 is 0 Å². The van der Waals surface area contributed by atoms with Gasteiger partial charge in [0.1, 0.15) is 5.82 Å². The summed E-state index contributed by atoms with van der Waals surface area (Å²) in [5.74, 6) is 1.25. The van der Waals surface area contributed by atoms with E-state index in [1.807, 2.05) is 0 Å². The predicted molar refractivity (Wildman–Crippen MR) is 89.6 cm³/mol. The van der Waals surface area contributed by atoms with E-state index in [1.165, 1.54) is 42.8 Å². The second-order valence-electron chi connectivity index (χ2n) is 5.74. The Kier molecular flexibility index (Phi) is 6.52. The van der Waals surface area contributed by atoms with Crippen LogP contribution in [0.4, 0.5) is 0 Å². The summed E-state index contributed by atoms with van der Waals surface area (Å²) < 4.78 is 2.37. The Morgan fingerprint density at radius 3 is 2.48 bits per heavy atom. The fraction of sp³-hybridized carbons (Fsp3) is 0.526. The predicted octanol–water partition coefficient (Wildman–Crippen LogP) is 4.81. The molecule has 2 nitrogen and oxygen atoms in total. The van der Waals surface area contributed by atoms with E-state index in [2.05, 4.69) is 54.9 Å². The number of unbranched alkanes of at least 4 members (excludes halogenated alkanes) is 2. The van der Waals surface area contributed by atoms with Crippen molar-refractivity contribution in [2.24, 2.45) is 0 Å². The third kappa shape index (κ3) is 5.04. The smallest absolute Gasteiger partial charge is 0.108 e. The van der Waals surface area contributed by atoms with E-state index in [0.29, 0.717) is 0 Å². The molecule has 1 heterocycles. The average Bonchev–Trinajstić information content (AvgIpc) is 2.91. The SMILES string of the molecule is CCCCCn1cc(CCCc2ccccc2)nc1CC. The number of nitrogens with zero attached hydrogens (tertiary/aromatic N) is 2. The van der Waals surface area contributed by atoms with Crippen molar-refractivity contribution in [3.8, 4) is 0 Å². The molecule has 2 aromatic rings. The first kappa shape index (κ1) is 15.8. The lowest BCUT2D eigenvalue weighted by molar-refractivity contribution is 0.582. The minimum Gasteiger partial charge on any atom is -0.335 e. The molecular weight excluding hydrogens is 256 g/mol. The molecule has 21 heavy (non-hydrogen) atoms. The van der Waals surface area contributed by atoms with Gasteiger partial charge in [-0.1, -0.05) is 57.0 Å². The van der Waals surface area contributed by atoms with Crippen LogP contribution in [-0.4, -0.2) is 9.55 Å². The van der Waals surface area contributed by atoms with Crippen LogP contribution in [0.15, 0.2) is 36.5 Å². The van der Waals surface area contributed by atoms with Crippen molar-refractivity contribution in [2.75, 3.05) is 0 Å². The van der Waals surface area contributed by atoms with E-state index in [-0.39, 0.29) is 0 Å². The zero-order valence-electron chi connectivity index (χ0n) is 13.5. The van der Waals surface area contributed by atoms with Crippen LogP contribution in [0.2, 0.25) is 0 Å². The summed E-state index contributed by atoms with van der Waals surface area (Å²) in [5, 5.41) is 0. The van der Waals surface area contributed by atoms with Gasteiger partial charge in [0, 0.05) is 19.2 Å². The quantitative estimate of drug-likeness (QED) is 0.604. The lowest BCUT2D eigenvalue weighted by Gasteiger charge is -2.04. The molecule has 0 bridgehead atoms. The summed E-state index contributed by atoms with van der Waals surface area (Å²) in [4.78, 5) is 4.80. The van der Waals surface area contributed by atoms with Crippen LogP contribution in [0.25, 0.3) is 0 Å². The van der Waals surface area contributed by atoms with Gasteiger partial charge in [0.2, 0.25) is 0 Å². The van der Waals surface area contributed by atoms with E-state index in [1.54, 1.807) is 0 Å². The fourth-order valence-corrected chi connectivity index (χ4v) is 2.76. The van der Waals surface area contributed by atoms with Gasteiger partial charge in [-0.2, -0.15) is 0 Å². The van der Waals surface area contributed by atoms with Gasteiger partial charge < -0.3 is 4.57 Å². The lowest BCUT2D eigenvalue weighted by Crippen LogP contribution is -2.01. The topological polar surface area (TPSA) is 17.8 Å². The Hall–Kier alpha value is -1.57. The summed E-state index contributed by atoms with van der Waals surface area (Å²) in [6, 6.07) is 10.7. The molecule has 2 rings (SSSR count). The molecule has 1 aromatic heterocycles. The Bertz CT molecular complexity index is 514. The molecule has 0 spiro atoms. The van der Waals surface area contributed by atoms with Crippen molar-refractivity contribution >= 4 is 0 Å². The van der Waals surface area contributed by atoms with Gasteiger partial charge in [-0.05, 0) is 31.2 Å². The Morgan fingerprint density at radius 2 is 1.76 bits per heavy atom. The number of imidazole rings is 1. The molecule has 2 heteroatoms. The Morgan fingerprint density at radius 1 is 0.952 bits per heavy atom. The van der Waals surface area contributed by atoms with Crippen molar-refractivity contribution in [3.63, 3.8) is 0 Å². The highest BCUT2D eigenvalue weighted by molar-refractivity contribution is 5.15. The van der Waals surface area contributed by atoms with E-state index < -0.39 is 0 Å². The maximum Gasteiger partial charge on any atom is 0.108 e. The normalized spacial score (nSPS) is 11.0. The van der Waals surface area contributed by atoms with E-state index >= 15 is 0 Å². The molecule has 0 radical (unpaired) electrons. The number of hydrogen-bond acceptors (Lipinski definition) is 1. The number of rotatable bonds is 9. The molecule has 0 amide bonds. The molecule has 0 aliphatic carbocycles. The van der Waals surface area contributed by atoms with Gasteiger partial charge in [0.15, 0.2) is 0 Å². The van der Waals surface area contributed by atoms with Crippen LogP contribution in [0, 0.1) is 0 Å². The van der Waals surface area contributed by atoms with Crippen molar-refractivity contribution in [2.45, 2.75) is 65.3 Å². The highest BCUT2D eigenvalue weighted by atomic mass is 15.1. The second kappa shape index (κ2) is 8.66. The molecule has 0 aliphatic rings. The van der Waals surface area contributed by atoms with Crippen molar-refractivity contribution in [3.05, 3.63) is 53.6 Å². The van der Waals surface area contributed by atoms with Crippen molar-refractivity contribution in [1.29, 1.82) is 0 Å². The highest BCUT2D eigenvalue weighted by Crippen LogP contribution is 2.11. The maximum absolute atomic E-state index is 4.80. The fourth-order valence-electron chi connectivity index (χ4n) is 2.76. The summed E-state index contributed by atoms with van der Waals surface area (Å²) >= 11 is 0. The molecule has 1 aromatic carbocycles. The van der Waals surface area contributed by atoms with Gasteiger partial charge in [-0.25, -0.2) is 4.98 Å². The number of aromatic nitrogens is 2. The summed E-state index contributed by atoms with van der Waals surface area (Å²) in [6.45, 7) is 5.58. The Balaban J connectivity index is 1.85. The summed E-state index contributed by atoms with van der Waals surface area (Å²) in [5.41, 5.74) is 2.69. The number of benzene rings is 1. The van der Waals surface area contributed by atoms with Gasteiger partial charge in [0.05, 0.1) is 5.69 Å². The minimum atomic E-state index is 1.03. The van der Waals surface area contributed by atoms with Crippen LogP contribution >= 0.6 is 0 Å². The molecule has 114 valence electrons. The third-order valence-corrected chi connectivity index (χ3v) is 3.97. The minimum absolute atomic E-state index is 1.03. The molecule has 0 aliphatic heterocycles. The zero-order chi connectivity index (χ0) is 14.9. The third-order valence-electron chi connectivity index (χ3n) is 3.97. The standard InChI is InChI=1S/C19H28N2/c1-3-5-9-15-21-16-18(20-19(21)4-2)14-10-13-17-11-7-6-8-12-17/h6-8,11-12,16H,3-5,9-10,13-15H2,1-2H3. The monoisotopic (exact) mass is 284 g/mol. The molecular formula is C19H28N2. The first-order valence-electron chi connectivity index (χ1n) is 8.42. The molecule has 0 atom stereocenters. The van der Waals surface area contributed by atoms with Crippen LogP contribution in [0.3, 0.4) is 0 Å². The molecule has 0 fully saturated rings. The summed E-state index contributed by atoms with van der Waals surface area (Å²) in [7, 11) is 0.